The maximum absolute atomic E-state index is 13.1. The fourth-order valence-electron chi connectivity index (χ4n) is 2.53. The Morgan fingerprint density at radius 2 is 2.19 bits per heavy atom. The molecule has 0 N–H and O–H groups in total. The summed E-state index contributed by atoms with van der Waals surface area (Å²) in [6, 6.07) is 3.66. The van der Waals surface area contributed by atoms with Gasteiger partial charge in [-0.25, -0.2) is 13.8 Å². The third-order valence-electron chi connectivity index (χ3n) is 3.79. The van der Waals surface area contributed by atoms with Crippen LogP contribution in [0.3, 0.4) is 0 Å². The molecule has 0 aliphatic heterocycles. The van der Waals surface area contributed by atoms with E-state index >= 15 is 0 Å². The second-order valence-electron chi connectivity index (χ2n) is 5.30. The molecule has 2 aromatic rings. The predicted molar refractivity (Wildman–Crippen MR) is 70.1 cm³/mol. The summed E-state index contributed by atoms with van der Waals surface area (Å²) in [6.07, 6.45) is 3.74. The first-order valence-electron chi connectivity index (χ1n) is 6.82. The lowest BCUT2D eigenvalue weighted by Crippen LogP contribution is -2.27. The zero-order chi connectivity index (χ0) is 14.9. The molecule has 0 spiro atoms. The van der Waals surface area contributed by atoms with Gasteiger partial charge in [-0.05, 0) is 18.8 Å². The highest BCUT2D eigenvalue weighted by atomic mass is 19.3. The van der Waals surface area contributed by atoms with Crippen molar-refractivity contribution in [3.8, 4) is 11.9 Å². The van der Waals surface area contributed by atoms with Gasteiger partial charge in [0.05, 0.1) is 12.8 Å². The van der Waals surface area contributed by atoms with Crippen molar-refractivity contribution in [2.24, 2.45) is 5.92 Å². The Morgan fingerprint density at radius 3 is 2.90 bits per heavy atom. The van der Waals surface area contributed by atoms with Crippen molar-refractivity contribution in [1.82, 2.24) is 14.6 Å². The number of hydrogen-bond acceptors (Lipinski definition) is 4. The van der Waals surface area contributed by atoms with Crippen molar-refractivity contribution < 1.29 is 13.5 Å². The number of hydrogen-bond donors (Lipinski definition) is 0. The molecular weight excluding hydrogens is 278 g/mol. The van der Waals surface area contributed by atoms with Gasteiger partial charge in [-0.2, -0.15) is 14.9 Å². The lowest BCUT2D eigenvalue weighted by Gasteiger charge is -2.27. The molecule has 0 saturated heterocycles. The molecule has 3 rings (SSSR count). The second kappa shape index (κ2) is 5.28. The first kappa shape index (κ1) is 13.7. The highest BCUT2D eigenvalue weighted by Gasteiger charge is 2.35. The maximum Gasteiger partial charge on any atom is 0.248 e. The molecule has 5 nitrogen and oxygen atoms in total. The Hall–Kier alpha value is -2.23. The zero-order valence-corrected chi connectivity index (χ0v) is 11.3. The van der Waals surface area contributed by atoms with E-state index in [1.807, 2.05) is 6.07 Å². The van der Waals surface area contributed by atoms with Crippen LogP contribution in [0.4, 0.5) is 8.78 Å². The zero-order valence-electron chi connectivity index (χ0n) is 11.3. The van der Waals surface area contributed by atoms with Crippen LogP contribution in [0.25, 0.3) is 5.65 Å². The van der Waals surface area contributed by atoms with Crippen LogP contribution in [0.5, 0.6) is 5.88 Å². The summed E-state index contributed by atoms with van der Waals surface area (Å²) in [4.78, 5) is 4.09. The van der Waals surface area contributed by atoms with Crippen LogP contribution >= 0.6 is 0 Å². The van der Waals surface area contributed by atoms with E-state index in [-0.39, 0.29) is 18.8 Å². The molecule has 1 fully saturated rings. The summed E-state index contributed by atoms with van der Waals surface area (Å²) in [5.74, 6) is -1.93. The van der Waals surface area contributed by atoms with E-state index in [9.17, 15) is 8.78 Å². The van der Waals surface area contributed by atoms with Gasteiger partial charge in [0.1, 0.15) is 11.6 Å². The standard InChI is InChI=1S/C14H14F2N4O/c15-14(16)4-1-10(2-5-14)9-21-12-3-6-18-13-11(7-17)8-19-20(12)13/h3,6,8,10H,1-2,4-5,9H2. The number of aromatic nitrogens is 3. The van der Waals surface area contributed by atoms with Crippen LogP contribution in [0.1, 0.15) is 31.2 Å². The third-order valence-corrected chi connectivity index (χ3v) is 3.79. The fraction of sp³-hybridized carbons (Fsp3) is 0.500. The van der Waals surface area contributed by atoms with Crippen molar-refractivity contribution >= 4 is 5.65 Å². The van der Waals surface area contributed by atoms with Gasteiger partial charge in [-0.3, -0.25) is 0 Å². The topological polar surface area (TPSA) is 63.2 Å². The van der Waals surface area contributed by atoms with Gasteiger partial charge in [0.15, 0.2) is 5.65 Å². The Bertz CT molecular complexity index is 682. The van der Waals surface area contributed by atoms with Gasteiger partial charge in [0.25, 0.3) is 0 Å². The number of ether oxygens (including phenoxy) is 1. The van der Waals surface area contributed by atoms with Gasteiger partial charge in [-0.1, -0.05) is 0 Å². The van der Waals surface area contributed by atoms with E-state index in [0.717, 1.165) is 0 Å². The second-order valence-corrected chi connectivity index (χ2v) is 5.30. The summed E-state index contributed by atoms with van der Waals surface area (Å²) >= 11 is 0. The van der Waals surface area contributed by atoms with Crippen molar-refractivity contribution in [2.45, 2.75) is 31.6 Å². The molecule has 1 saturated carbocycles. The molecule has 1 aliphatic rings. The molecule has 7 heteroatoms. The highest BCUT2D eigenvalue weighted by Crippen LogP contribution is 2.36. The highest BCUT2D eigenvalue weighted by molar-refractivity contribution is 5.54. The van der Waals surface area contributed by atoms with Crippen LogP contribution in [0, 0.1) is 17.2 Å². The molecule has 0 radical (unpaired) electrons. The number of fused-ring (bicyclic) bond motifs is 1. The van der Waals surface area contributed by atoms with Gasteiger partial charge >= 0.3 is 0 Å². The van der Waals surface area contributed by atoms with Gasteiger partial charge < -0.3 is 4.74 Å². The fourth-order valence-corrected chi connectivity index (χ4v) is 2.53. The Labute approximate surface area is 120 Å². The van der Waals surface area contributed by atoms with E-state index in [0.29, 0.717) is 36.5 Å². The van der Waals surface area contributed by atoms with Crippen molar-refractivity contribution in [2.75, 3.05) is 6.61 Å². The number of rotatable bonds is 3. The molecule has 1 aliphatic carbocycles. The molecule has 0 amide bonds. The van der Waals surface area contributed by atoms with Crippen LogP contribution in [-0.2, 0) is 0 Å². The monoisotopic (exact) mass is 292 g/mol. The molecular formula is C14H14F2N4O. The lowest BCUT2D eigenvalue weighted by atomic mass is 9.87. The molecule has 0 unspecified atom stereocenters. The molecule has 0 bridgehead atoms. The smallest absolute Gasteiger partial charge is 0.248 e. The number of halogens is 2. The van der Waals surface area contributed by atoms with E-state index in [1.165, 1.54) is 10.7 Å². The SMILES string of the molecule is N#Cc1cnn2c(OCC3CCC(F)(F)CC3)ccnc12. The molecule has 0 atom stereocenters. The van der Waals surface area contributed by atoms with Crippen LogP contribution < -0.4 is 4.74 Å². The molecule has 0 aromatic carbocycles. The number of nitrogens with zero attached hydrogens (tertiary/aromatic N) is 4. The summed E-state index contributed by atoms with van der Waals surface area (Å²) in [7, 11) is 0. The quantitative estimate of drug-likeness (QED) is 0.872. The average molecular weight is 292 g/mol. The van der Waals surface area contributed by atoms with E-state index < -0.39 is 5.92 Å². The molecule has 110 valence electrons. The van der Waals surface area contributed by atoms with Crippen LogP contribution in [0.2, 0.25) is 0 Å². The minimum Gasteiger partial charge on any atom is -0.477 e. The van der Waals surface area contributed by atoms with Gasteiger partial charge in [0, 0.05) is 25.1 Å². The number of nitriles is 1. The molecule has 2 aromatic heterocycles. The minimum absolute atomic E-state index is 0.0763. The normalized spacial score (nSPS) is 18.5. The van der Waals surface area contributed by atoms with Crippen molar-refractivity contribution in [1.29, 1.82) is 5.26 Å². The summed E-state index contributed by atoms with van der Waals surface area (Å²) in [5, 5.41) is 13.0. The summed E-state index contributed by atoms with van der Waals surface area (Å²) in [5.41, 5.74) is 0.808. The largest absolute Gasteiger partial charge is 0.477 e. The van der Waals surface area contributed by atoms with E-state index in [4.69, 9.17) is 10.00 Å². The minimum atomic E-state index is -2.52. The van der Waals surface area contributed by atoms with Crippen molar-refractivity contribution in [3.05, 3.63) is 24.0 Å². The summed E-state index contributed by atoms with van der Waals surface area (Å²) in [6.45, 7) is 0.372. The van der Waals surface area contributed by atoms with Gasteiger partial charge in [-0.15, -0.1) is 0 Å². The molecule has 2 heterocycles. The first-order chi connectivity index (χ1) is 10.1. The van der Waals surface area contributed by atoms with E-state index in [1.54, 1.807) is 12.3 Å². The Balaban J connectivity index is 1.69. The predicted octanol–water partition coefficient (Wildman–Crippen LogP) is 2.81. The Kier molecular flexibility index (Phi) is 3.45. The van der Waals surface area contributed by atoms with Crippen LogP contribution in [0.15, 0.2) is 18.5 Å². The van der Waals surface area contributed by atoms with E-state index in [2.05, 4.69) is 10.1 Å². The van der Waals surface area contributed by atoms with Crippen molar-refractivity contribution in [3.63, 3.8) is 0 Å². The Morgan fingerprint density at radius 1 is 1.43 bits per heavy atom. The third kappa shape index (κ3) is 2.79. The maximum atomic E-state index is 13.1. The average Bonchev–Trinajstić information content (AvgIpc) is 2.90. The molecule has 21 heavy (non-hydrogen) atoms. The lowest BCUT2D eigenvalue weighted by molar-refractivity contribution is -0.0500. The number of alkyl halides is 2. The first-order valence-corrected chi connectivity index (χ1v) is 6.82. The van der Waals surface area contributed by atoms with Gasteiger partial charge in [0.2, 0.25) is 11.8 Å². The summed E-state index contributed by atoms with van der Waals surface area (Å²) < 4.78 is 33.3. The van der Waals surface area contributed by atoms with Crippen LogP contribution in [-0.4, -0.2) is 27.1 Å².